The average Bonchev–Trinajstić information content (AvgIpc) is 2.82. The van der Waals surface area contributed by atoms with E-state index in [-0.39, 0.29) is 11.6 Å². The van der Waals surface area contributed by atoms with Crippen LogP contribution < -0.4 is 4.72 Å². The van der Waals surface area contributed by atoms with E-state index in [1.807, 2.05) is 24.3 Å². The number of hydrogen-bond donors (Lipinski definition) is 2. The van der Waals surface area contributed by atoms with Crippen molar-refractivity contribution in [1.82, 2.24) is 14.9 Å². The summed E-state index contributed by atoms with van der Waals surface area (Å²) in [4.78, 5) is 0. The Morgan fingerprint density at radius 1 is 1.24 bits per heavy atom. The molecule has 0 atom stereocenters. The fourth-order valence-corrected chi connectivity index (χ4v) is 2.44. The monoisotopic (exact) mass is 315 g/mol. The zero-order chi connectivity index (χ0) is 12.3. The highest BCUT2D eigenvalue weighted by atomic mass is 79.9. The summed E-state index contributed by atoms with van der Waals surface area (Å²) in [5, 5.41) is 6.08. The maximum absolute atomic E-state index is 11.7. The molecule has 1 heterocycles. The van der Waals surface area contributed by atoms with Crippen molar-refractivity contribution >= 4 is 26.0 Å². The normalized spacial score (nSPS) is 11.6. The summed E-state index contributed by atoms with van der Waals surface area (Å²) in [5.74, 6) is 0. The summed E-state index contributed by atoms with van der Waals surface area (Å²) >= 11 is 3.32. The second-order valence-electron chi connectivity index (χ2n) is 3.37. The van der Waals surface area contributed by atoms with E-state index < -0.39 is 10.0 Å². The number of aromatic nitrogens is 2. The molecule has 0 radical (unpaired) electrons. The maximum Gasteiger partial charge on any atom is 0.257 e. The van der Waals surface area contributed by atoms with Gasteiger partial charge in [-0.3, -0.25) is 5.10 Å². The molecule has 17 heavy (non-hydrogen) atoms. The van der Waals surface area contributed by atoms with Crippen LogP contribution >= 0.6 is 15.9 Å². The topological polar surface area (TPSA) is 74.8 Å². The third-order valence-corrected chi connectivity index (χ3v) is 4.00. The van der Waals surface area contributed by atoms with Crippen molar-refractivity contribution in [3.63, 3.8) is 0 Å². The van der Waals surface area contributed by atoms with Crippen LogP contribution in [0.15, 0.2) is 46.0 Å². The molecular weight excluding hydrogens is 306 g/mol. The van der Waals surface area contributed by atoms with Crippen molar-refractivity contribution < 1.29 is 8.42 Å². The molecule has 5 nitrogen and oxygen atoms in total. The molecule has 1 aromatic heterocycles. The Morgan fingerprint density at radius 3 is 2.53 bits per heavy atom. The molecule has 0 aliphatic carbocycles. The Bertz CT molecular complexity index is 579. The number of sulfonamides is 1. The first-order valence-electron chi connectivity index (χ1n) is 4.81. The molecule has 2 N–H and O–H groups in total. The van der Waals surface area contributed by atoms with Gasteiger partial charge in [0, 0.05) is 11.0 Å². The van der Waals surface area contributed by atoms with Crippen LogP contribution in [0.2, 0.25) is 0 Å². The summed E-state index contributed by atoms with van der Waals surface area (Å²) in [6.07, 6.45) is 1.40. The van der Waals surface area contributed by atoms with Crippen molar-refractivity contribution in [1.29, 1.82) is 0 Å². The molecule has 0 aliphatic heterocycles. The second kappa shape index (κ2) is 4.99. The van der Waals surface area contributed by atoms with E-state index >= 15 is 0 Å². The average molecular weight is 316 g/mol. The van der Waals surface area contributed by atoms with Gasteiger partial charge in [0.2, 0.25) is 0 Å². The zero-order valence-electron chi connectivity index (χ0n) is 8.72. The molecule has 2 aromatic rings. The van der Waals surface area contributed by atoms with Crippen LogP contribution in [0.4, 0.5) is 0 Å². The lowest BCUT2D eigenvalue weighted by Crippen LogP contribution is -2.23. The Kier molecular flexibility index (Phi) is 3.60. The molecule has 0 fully saturated rings. The number of nitrogens with one attached hydrogen (secondary N) is 2. The Hall–Kier alpha value is -1.18. The van der Waals surface area contributed by atoms with Crippen LogP contribution in [-0.4, -0.2) is 18.6 Å². The molecule has 0 aliphatic rings. The zero-order valence-corrected chi connectivity index (χ0v) is 11.1. The quantitative estimate of drug-likeness (QED) is 0.901. The largest absolute Gasteiger partial charge is 0.266 e. The van der Waals surface area contributed by atoms with Crippen LogP contribution in [0.1, 0.15) is 5.56 Å². The van der Waals surface area contributed by atoms with Crippen LogP contribution in [0.5, 0.6) is 0 Å². The van der Waals surface area contributed by atoms with Crippen LogP contribution in [0.3, 0.4) is 0 Å². The fourth-order valence-electron chi connectivity index (χ4n) is 1.25. The van der Waals surface area contributed by atoms with E-state index in [4.69, 9.17) is 0 Å². The van der Waals surface area contributed by atoms with Crippen LogP contribution in [0, 0.1) is 0 Å². The van der Waals surface area contributed by atoms with E-state index in [9.17, 15) is 8.42 Å². The van der Waals surface area contributed by atoms with Crippen molar-refractivity contribution in [3.05, 3.63) is 46.6 Å². The summed E-state index contributed by atoms with van der Waals surface area (Å²) in [6.45, 7) is 0.245. The van der Waals surface area contributed by atoms with Crippen molar-refractivity contribution in [2.75, 3.05) is 0 Å². The van der Waals surface area contributed by atoms with Crippen LogP contribution in [-0.2, 0) is 16.6 Å². The fraction of sp³-hybridized carbons (Fsp3) is 0.100. The number of halogens is 1. The van der Waals surface area contributed by atoms with E-state index in [2.05, 4.69) is 30.8 Å². The number of hydrogen-bond acceptors (Lipinski definition) is 3. The summed E-state index contributed by atoms with van der Waals surface area (Å²) in [7, 11) is -3.51. The molecule has 0 saturated heterocycles. The van der Waals surface area contributed by atoms with Gasteiger partial charge in [0.15, 0.2) is 5.03 Å². The van der Waals surface area contributed by atoms with Gasteiger partial charge in [0.1, 0.15) is 0 Å². The molecule has 7 heteroatoms. The van der Waals surface area contributed by atoms with Gasteiger partial charge in [-0.15, -0.1) is 0 Å². The number of nitrogens with zero attached hydrogens (tertiary/aromatic N) is 1. The Labute approximate surface area is 107 Å². The molecule has 2 rings (SSSR count). The number of aromatic amines is 1. The molecular formula is C10H10BrN3O2S. The van der Waals surface area contributed by atoms with Crippen molar-refractivity contribution in [3.8, 4) is 0 Å². The highest BCUT2D eigenvalue weighted by molar-refractivity contribution is 9.10. The minimum absolute atomic E-state index is 0.0645. The molecule has 1 aromatic carbocycles. The third-order valence-electron chi connectivity index (χ3n) is 2.14. The van der Waals surface area contributed by atoms with E-state index in [0.717, 1.165) is 10.0 Å². The van der Waals surface area contributed by atoms with Crippen LogP contribution in [0.25, 0.3) is 0 Å². The lowest BCUT2D eigenvalue weighted by molar-refractivity contribution is 0.577. The molecule has 0 unspecified atom stereocenters. The second-order valence-corrected chi connectivity index (χ2v) is 6.02. The van der Waals surface area contributed by atoms with Gasteiger partial charge in [0.25, 0.3) is 10.0 Å². The summed E-state index contributed by atoms with van der Waals surface area (Å²) in [5.41, 5.74) is 0.885. The summed E-state index contributed by atoms with van der Waals surface area (Å²) < 4.78 is 26.9. The predicted molar refractivity (Wildman–Crippen MR) is 66.8 cm³/mol. The minimum Gasteiger partial charge on any atom is -0.266 e. The number of benzene rings is 1. The Morgan fingerprint density at radius 2 is 1.94 bits per heavy atom. The van der Waals surface area contributed by atoms with Gasteiger partial charge < -0.3 is 0 Å². The lowest BCUT2D eigenvalue weighted by atomic mass is 10.2. The number of H-pyrrole nitrogens is 1. The molecule has 0 spiro atoms. The highest BCUT2D eigenvalue weighted by Gasteiger charge is 2.14. The van der Waals surface area contributed by atoms with Gasteiger partial charge in [-0.1, -0.05) is 28.1 Å². The highest BCUT2D eigenvalue weighted by Crippen LogP contribution is 2.11. The summed E-state index contributed by atoms with van der Waals surface area (Å²) in [6, 6.07) is 8.82. The minimum atomic E-state index is -3.51. The molecule has 0 saturated carbocycles. The van der Waals surface area contributed by atoms with Gasteiger partial charge in [-0.05, 0) is 23.8 Å². The van der Waals surface area contributed by atoms with Gasteiger partial charge in [-0.2, -0.15) is 5.10 Å². The first-order valence-corrected chi connectivity index (χ1v) is 7.09. The van der Waals surface area contributed by atoms with Gasteiger partial charge >= 0.3 is 0 Å². The Balaban J connectivity index is 2.06. The first kappa shape index (κ1) is 12.3. The van der Waals surface area contributed by atoms with Crippen molar-refractivity contribution in [2.45, 2.75) is 11.6 Å². The van der Waals surface area contributed by atoms with Crippen molar-refractivity contribution in [2.24, 2.45) is 0 Å². The molecule has 90 valence electrons. The number of rotatable bonds is 4. The standard InChI is InChI=1S/C10H10BrN3O2S/c11-9-3-1-8(2-4-9)7-13-17(15,16)10-5-6-12-14-10/h1-6,13H,7H2,(H,12,14). The van der Waals surface area contributed by atoms with Gasteiger partial charge in [0.05, 0.1) is 6.20 Å². The smallest absolute Gasteiger partial charge is 0.257 e. The van der Waals surface area contributed by atoms with Gasteiger partial charge in [-0.25, -0.2) is 13.1 Å². The SMILES string of the molecule is O=S(=O)(NCc1ccc(Br)cc1)c1ccn[nH]1. The third kappa shape index (κ3) is 3.15. The first-order chi connectivity index (χ1) is 8.08. The van der Waals surface area contributed by atoms with E-state index in [0.29, 0.717) is 0 Å². The maximum atomic E-state index is 11.7. The molecule has 0 amide bonds. The van der Waals surface area contributed by atoms with E-state index in [1.165, 1.54) is 12.3 Å². The lowest BCUT2D eigenvalue weighted by Gasteiger charge is -2.04. The predicted octanol–water partition coefficient (Wildman–Crippen LogP) is 1.65. The molecule has 0 bridgehead atoms. The van der Waals surface area contributed by atoms with E-state index in [1.54, 1.807) is 0 Å².